The van der Waals surface area contributed by atoms with E-state index in [1.54, 1.807) is 40.9 Å². The summed E-state index contributed by atoms with van der Waals surface area (Å²) in [5.74, 6) is 0.727. The molecule has 0 bridgehead atoms. The fraction of sp³-hybridized carbons (Fsp3) is 0.192. The zero-order valence-electron chi connectivity index (χ0n) is 18.4. The molecule has 34 heavy (non-hydrogen) atoms. The van der Waals surface area contributed by atoms with E-state index >= 15 is 0 Å². The number of nitrogens with zero attached hydrogens (tertiary/aromatic N) is 3. The summed E-state index contributed by atoms with van der Waals surface area (Å²) in [6.45, 7) is 2.06. The van der Waals surface area contributed by atoms with E-state index < -0.39 is 0 Å². The third-order valence-electron chi connectivity index (χ3n) is 5.89. The second-order valence-electron chi connectivity index (χ2n) is 8.14. The van der Waals surface area contributed by atoms with Crippen molar-refractivity contribution in [1.82, 2.24) is 19.8 Å². The van der Waals surface area contributed by atoms with Crippen LogP contribution in [0.1, 0.15) is 26.3 Å². The number of fused-ring (bicyclic) bond motifs is 1. The van der Waals surface area contributed by atoms with Gasteiger partial charge in [0, 0.05) is 48.1 Å². The maximum absolute atomic E-state index is 13.0. The SMILES string of the molecule is O=C(c1ccc(Cl)cc1)N1CCN(C(=O)c2ccc(CSc3nc4ccccc4[nH]3)cc2)CC1. The van der Waals surface area contributed by atoms with Crippen molar-refractivity contribution in [3.8, 4) is 0 Å². The van der Waals surface area contributed by atoms with Crippen molar-refractivity contribution in [2.75, 3.05) is 26.2 Å². The molecule has 8 heteroatoms. The molecule has 0 aliphatic carbocycles. The Labute approximate surface area is 206 Å². The number of H-pyrrole nitrogens is 1. The molecule has 1 N–H and O–H groups in total. The van der Waals surface area contributed by atoms with Gasteiger partial charge in [-0.1, -0.05) is 47.6 Å². The first kappa shape index (κ1) is 22.5. The summed E-state index contributed by atoms with van der Waals surface area (Å²) in [4.78, 5) is 37.1. The molecule has 0 radical (unpaired) electrons. The number of nitrogens with one attached hydrogen (secondary N) is 1. The minimum absolute atomic E-state index is 0.00456. The molecule has 3 aromatic carbocycles. The van der Waals surface area contributed by atoms with Gasteiger partial charge in [0.2, 0.25) is 0 Å². The smallest absolute Gasteiger partial charge is 0.253 e. The van der Waals surface area contributed by atoms with Crippen LogP contribution >= 0.6 is 23.4 Å². The molecule has 0 saturated carbocycles. The first-order chi connectivity index (χ1) is 16.6. The van der Waals surface area contributed by atoms with Crippen LogP contribution in [0.15, 0.2) is 78.0 Å². The van der Waals surface area contributed by atoms with Gasteiger partial charge in [0.05, 0.1) is 11.0 Å². The fourth-order valence-electron chi connectivity index (χ4n) is 3.96. The molecule has 4 aromatic rings. The van der Waals surface area contributed by atoms with Crippen molar-refractivity contribution in [3.63, 3.8) is 0 Å². The van der Waals surface area contributed by atoms with Gasteiger partial charge in [0.1, 0.15) is 0 Å². The largest absolute Gasteiger partial charge is 0.335 e. The third kappa shape index (κ3) is 4.95. The third-order valence-corrected chi connectivity index (χ3v) is 7.09. The Morgan fingerprint density at radius 2 is 1.38 bits per heavy atom. The van der Waals surface area contributed by atoms with Gasteiger partial charge in [-0.15, -0.1) is 0 Å². The molecule has 2 amide bonds. The molecular weight excluding hydrogens is 468 g/mol. The maximum Gasteiger partial charge on any atom is 0.253 e. The quantitative estimate of drug-likeness (QED) is 0.395. The van der Waals surface area contributed by atoms with Crippen molar-refractivity contribution in [2.24, 2.45) is 0 Å². The predicted octanol–water partition coefficient (Wildman–Crippen LogP) is 5.11. The number of carbonyl (C=O) groups excluding carboxylic acids is 2. The van der Waals surface area contributed by atoms with Gasteiger partial charge in [0.25, 0.3) is 11.8 Å². The number of amides is 2. The van der Waals surface area contributed by atoms with Gasteiger partial charge >= 0.3 is 0 Å². The minimum atomic E-state index is -0.0323. The highest BCUT2D eigenvalue weighted by Gasteiger charge is 2.25. The zero-order chi connectivity index (χ0) is 23.5. The van der Waals surface area contributed by atoms with E-state index in [0.29, 0.717) is 42.3 Å². The molecule has 6 nitrogen and oxygen atoms in total. The monoisotopic (exact) mass is 490 g/mol. The van der Waals surface area contributed by atoms with E-state index in [-0.39, 0.29) is 11.8 Å². The van der Waals surface area contributed by atoms with E-state index in [9.17, 15) is 9.59 Å². The number of aromatic amines is 1. The molecule has 0 spiro atoms. The van der Waals surface area contributed by atoms with Crippen molar-refractivity contribution in [1.29, 1.82) is 0 Å². The van der Waals surface area contributed by atoms with Gasteiger partial charge in [-0.2, -0.15) is 0 Å². The number of hydrogen-bond donors (Lipinski definition) is 1. The van der Waals surface area contributed by atoms with Gasteiger partial charge in [0.15, 0.2) is 5.16 Å². The lowest BCUT2D eigenvalue weighted by atomic mass is 10.1. The molecule has 5 rings (SSSR count). The molecule has 1 aliphatic rings. The molecule has 2 heterocycles. The summed E-state index contributed by atoms with van der Waals surface area (Å²) in [5.41, 5.74) is 4.39. The second kappa shape index (κ2) is 9.91. The van der Waals surface area contributed by atoms with Crippen LogP contribution in [0, 0.1) is 0 Å². The normalized spacial score (nSPS) is 13.9. The van der Waals surface area contributed by atoms with Gasteiger partial charge in [-0.25, -0.2) is 4.98 Å². The van der Waals surface area contributed by atoms with E-state index in [0.717, 1.165) is 27.5 Å². The highest BCUT2D eigenvalue weighted by Crippen LogP contribution is 2.23. The zero-order valence-corrected chi connectivity index (χ0v) is 20.0. The number of benzene rings is 3. The Bertz CT molecular complexity index is 1280. The molecule has 0 unspecified atom stereocenters. The van der Waals surface area contributed by atoms with Crippen LogP contribution in [0.5, 0.6) is 0 Å². The summed E-state index contributed by atoms with van der Waals surface area (Å²) in [5, 5.41) is 1.48. The van der Waals surface area contributed by atoms with Crippen molar-refractivity contribution >= 4 is 46.2 Å². The van der Waals surface area contributed by atoms with Crippen molar-refractivity contribution in [3.05, 3.63) is 94.5 Å². The van der Waals surface area contributed by atoms with Crippen molar-refractivity contribution < 1.29 is 9.59 Å². The average Bonchev–Trinajstić information content (AvgIpc) is 3.31. The molecular formula is C26H23ClN4O2S. The van der Waals surface area contributed by atoms with Gasteiger partial charge < -0.3 is 14.8 Å². The predicted molar refractivity (Wildman–Crippen MR) is 135 cm³/mol. The number of aromatic nitrogens is 2. The lowest BCUT2D eigenvalue weighted by Crippen LogP contribution is -2.50. The summed E-state index contributed by atoms with van der Waals surface area (Å²) >= 11 is 7.55. The number of hydrogen-bond acceptors (Lipinski definition) is 4. The first-order valence-electron chi connectivity index (χ1n) is 11.1. The topological polar surface area (TPSA) is 69.3 Å². The minimum Gasteiger partial charge on any atom is -0.335 e. The number of para-hydroxylation sites is 2. The number of halogens is 1. The Hall–Kier alpha value is -3.29. The van der Waals surface area contributed by atoms with E-state index in [2.05, 4.69) is 9.97 Å². The van der Waals surface area contributed by atoms with Crippen LogP contribution in [0.4, 0.5) is 0 Å². The average molecular weight is 491 g/mol. The Balaban J connectivity index is 1.14. The first-order valence-corrected chi connectivity index (χ1v) is 12.4. The Morgan fingerprint density at radius 3 is 1.97 bits per heavy atom. The summed E-state index contributed by atoms with van der Waals surface area (Å²) in [7, 11) is 0. The molecule has 1 aliphatic heterocycles. The Morgan fingerprint density at radius 1 is 0.824 bits per heavy atom. The van der Waals surface area contributed by atoms with E-state index in [1.165, 1.54) is 0 Å². The molecule has 172 valence electrons. The van der Waals surface area contributed by atoms with Crippen LogP contribution in [-0.4, -0.2) is 57.8 Å². The van der Waals surface area contributed by atoms with Crippen LogP contribution < -0.4 is 0 Å². The van der Waals surface area contributed by atoms with Gasteiger partial charge in [-0.3, -0.25) is 9.59 Å². The van der Waals surface area contributed by atoms with Crippen LogP contribution in [0.25, 0.3) is 11.0 Å². The lowest BCUT2D eigenvalue weighted by Gasteiger charge is -2.35. The number of thioether (sulfide) groups is 1. The number of rotatable bonds is 5. The summed E-state index contributed by atoms with van der Waals surface area (Å²) in [6.07, 6.45) is 0. The molecule has 0 atom stereocenters. The lowest BCUT2D eigenvalue weighted by molar-refractivity contribution is 0.0535. The van der Waals surface area contributed by atoms with Crippen LogP contribution in [0.2, 0.25) is 5.02 Å². The highest BCUT2D eigenvalue weighted by molar-refractivity contribution is 7.98. The molecule has 1 aromatic heterocycles. The Kier molecular flexibility index (Phi) is 6.56. The van der Waals surface area contributed by atoms with E-state index in [4.69, 9.17) is 11.6 Å². The fourth-order valence-corrected chi connectivity index (χ4v) is 4.93. The van der Waals surface area contributed by atoms with Crippen LogP contribution in [-0.2, 0) is 5.75 Å². The molecule has 1 fully saturated rings. The summed E-state index contributed by atoms with van der Waals surface area (Å²) in [6, 6.07) is 22.6. The van der Waals surface area contributed by atoms with Gasteiger partial charge in [-0.05, 0) is 54.1 Å². The maximum atomic E-state index is 13.0. The highest BCUT2D eigenvalue weighted by atomic mass is 35.5. The number of imidazole rings is 1. The standard InChI is InChI=1S/C26H23ClN4O2S/c27-21-11-9-20(10-12-21)25(33)31-15-13-30(14-16-31)24(32)19-7-5-18(6-8-19)17-34-26-28-22-3-1-2-4-23(22)29-26/h1-12H,13-17H2,(H,28,29). The van der Waals surface area contributed by atoms with Crippen molar-refractivity contribution in [2.45, 2.75) is 10.9 Å². The van der Waals surface area contributed by atoms with Crippen LogP contribution in [0.3, 0.4) is 0 Å². The number of carbonyl (C=O) groups is 2. The molecule has 1 saturated heterocycles. The number of piperazine rings is 1. The van der Waals surface area contributed by atoms with E-state index in [1.807, 2.05) is 53.4 Å². The second-order valence-corrected chi connectivity index (χ2v) is 9.54. The summed E-state index contributed by atoms with van der Waals surface area (Å²) < 4.78 is 0.